The van der Waals surface area contributed by atoms with Crippen molar-refractivity contribution in [2.75, 3.05) is 18.0 Å². The van der Waals surface area contributed by atoms with Crippen LogP contribution in [0, 0.1) is 12.8 Å². The first-order valence-electron chi connectivity index (χ1n) is 10.4. The lowest BCUT2D eigenvalue weighted by atomic mass is 9.97. The largest absolute Gasteiger partial charge is 0.436 e. The van der Waals surface area contributed by atoms with Gasteiger partial charge in [0.2, 0.25) is 5.91 Å². The molecule has 1 atom stereocenters. The van der Waals surface area contributed by atoms with Gasteiger partial charge in [-0.25, -0.2) is 9.97 Å². The number of amides is 1. The fourth-order valence-electron chi connectivity index (χ4n) is 3.73. The zero-order chi connectivity index (χ0) is 21.6. The van der Waals surface area contributed by atoms with Gasteiger partial charge in [-0.1, -0.05) is 48.0 Å². The van der Waals surface area contributed by atoms with E-state index in [0.717, 1.165) is 36.3 Å². The van der Waals surface area contributed by atoms with Crippen LogP contribution in [-0.2, 0) is 11.3 Å². The summed E-state index contributed by atoms with van der Waals surface area (Å²) in [4.78, 5) is 23.8. The van der Waals surface area contributed by atoms with E-state index in [2.05, 4.69) is 20.2 Å². The molecule has 31 heavy (non-hydrogen) atoms. The van der Waals surface area contributed by atoms with Crippen LogP contribution >= 0.6 is 11.6 Å². The third-order valence-corrected chi connectivity index (χ3v) is 5.82. The van der Waals surface area contributed by atoms with Crippen molar-refractivity contribution in [1.82, 2.24) is 15.3 Å². The van der Waals surface area contributed by atoms with Gasteiger partial charge in [0.05, 0.1) is 5.92 Å². The number of nitrogens with zero attached hydrogens (tertiary/aromatic N) is 3. The molecule has 1 fully saturated rings. The number of carbonyl (C=O) groups excluding carboxylic acids is 1. The number of aryl methyl sites for hydroxylation is 1. The van der Waals surface area contributed by atoms with E-state index in [4.69, 9.17) is 16.3 Å². The molecule has 160 valence electrons. The van der Waals surface area contributed by atoms with Crippen LogP contribution in [0.3, 0.4) is 0 Å². The lowest BCUT2D eigenvalue weighted by Gasteiger charge is -2.33. The second-order valence-electron chi connectivity index (χ2n) is 7.65. The molecule has 1 amide bonds. The maximum Gasteiger partial charge on any atom is 0.263 e. The smallest absolute Gasteiger partial charge is 0.263 e. The highest BCUT2D eigenvalue weighted by Gasteiger charge is 2.28. The van der Waals surface area contributed by atoms with Crippen LogP contribution in [0.25, 0.3) is 0 Å². The SMILES string of the molecule is Cc1ccccc1Oc1nccnc1N1CCC[C@@H](C(=O)NCc2ccccc2Cl)C1. The zero-order valence-corrected chi connectivity index (χ0v) is 18.2. The van der Waals surface area contributed by atoms with E-state index in [1.165, 1.54) is 0 Å². The van der Waals surface area contributed by atoms with Crippen LogP contribution in [0.5, 0.6) is 11.6 Å². The Bertz CT molecular complexity index is 1060. The van der Waals surface area contributed by atoms with Crippen molar-refractivity contribution < 1.29 is 9.53 Å². The molecule has 1 aromatic heterocycles. The summed E-state index contributed by atoms with van der Waals surface area (Å²) in [6, 6.07) is 15.3. The normalized spacial score (nSPS) is 16.1. The highest BCUT2D eigenvalue weighted by Crippen LogP contribution is 2.32. The molecule has 1 N–H and O–H groups in total. The quantitative estimate of drug-likeness (QED) is 0.603. The number of rotatable bonds is 6. The van der Waals surface area contributed by atoms with E-state index in [-0.39, 0.29) is 11.8 Å². The van der Waals surface area contributed by atoms with Crippen molar-refractivity contribution in [1.29, 1.82) is 0 Å². The van der Waals surface area contributed by atoms with Crippen LogP contribution < -0.4 is 15.0 Å². The van der Waals surface area contributed by atoms with Gasteiger partial charge in [0.15, 0.2) is 5.82 Å². The molecule has 1 aliphatic heterocycles. The molecular formula is C24H25ClN4O2. The fraction of sp³-hybridized carbons (Fsp3) is 0.292. The minimum absolute atomic E-state index is 0.0230. The molecule has 1 saturated heterocycles. The molecule has 0 bridgehead atoms. The Morgan fingerprint density at radius 2 is 1.94 bits per heavy atom. The monoisotopic (exact) mass is 436 g/mol. The number of ether oxygens (including phenoxy) is 1. The fourth-order valence-corrected chi connectivity index (χ4v) is 3.94. The van der Waals surface area contributed by atoms with Crippen LogP contribution in [0.1, 0.15) is 24.0 Å². The first kappa shape index (κ1) is 21.1. The zero-order valence-electron chi connectivity index (χ0n) is 17.4. The average Bonchev–Trinajstić information content (AvgIpc) is 2.80. The molecule has 0 saturated carbocycles. The van der Waals surface area contributed by atoms with E-state index < -0.39 is 0 Å². The number of hydrogen-bond acceptors (Lipinski definition) is 5. The predicted molar refractivity (Wildman–Crippen MR) is 122 cm³/mol. The van der Waals surface area contributed by atoms with Crippen molar-refractivity contribution in [3.8, 4) is 11.6 Å². The first-order valence-corrected chi connectivity index (χ1v) is 10.8. The van der Waals surface area contributed by atoms with Crippen molar-refractivity contribution >= 4 is 23.3 Å². The van der Waals surface area contributed by atoms with E-state index in [1.807, 2.05) is 55.5 Å². The molecule has 0 radical (unpaired) electrons. The van der Waals surface area contributed by atoms with Gasteiger partial charge < -0.3 is 15.0 Å². The van der Waals surface area contributed by atoms with Gasteiger partial charge >= 0.3 is 0 Å². The van der Waals surface area contributed by atoms with E-state index in [1.54, 1.807) is 12.4 Å². The van der Waals surface area contributed by atoms with Gasteiger partial charge in [0.25, 0.3) is 5.88 Å². The number of nitrogens with one attached hydrogen (secondary N) is 1. The third-order valence-electron chi connectivity index (χ3n) is 5.45. The van der Waals surface area contributed by atoms with Gasteiger partial charge in [-0.15, -0.1) is 0 Å². The molecule has 6 nitrogen and oxygen atoms in total. The molecular weight excluding hydrogens is 412 g/mol. The van der Waals surface area contributed by atoms with Crippen molar-refractivity contribution in [3.63, 3.8) is 0 Å². The first-order chi connectivity index (χ1) is 15.1. The summed E-state index contributed by atoms with van der Waals surface area (Å²) >= 11 is 6.20. The minimum atomic E-state index is -0.135. The molecule has 2 aromatic carbocycles. The van der Waals surface area contributed by atoms with E-state index in [0.29, 0.717) is 29.8 Å². The number of hydrogen-bond donors (Lipinski definition) is 1. The number of benzene rings is 2. The van der Waals surface area contributed by atoms with Gasteiger partial charge in [-0.3, -0.25) is 4.79 Å². The third kappa shape index (κ3) is 5.14. The number of para-hydroxylation sites is 1. The second kappa shape index (κ2) is 9.79. The van der Waals surface area contributed by atoms with Gasteiger partial charge in [0.1, 0.15) is 5.75 Å². The standard InChI is InChI=1S/C24H25ClN4O2/c1-17-7-2-5-11-21(17)31-24-22(26-12-13-27-24)29-14-6-9-19(16-29)23(30)28-15-18-8-3-4-10-20(18)25/h2-5,7-8,10-13,19H,6,9,14-16H2,1H3,(H,28,30)/t19-/m1/s1. The maximum absolute atomic E-state index is 12.8. The summed E-state index contributed by atoms with van der Waals surface area (Å²) < 4.78 is 6.08. The van der Waals surface area contributed by atoms with Crippen molar-refractivity contribution in [2.45, 2.75) is 26.3 Å². The van der Waals surface area contributed by atoms with Crippen LogP contribution in [0.2, 0.25) is 5.02 Å². The molecule has 7 heteroatoms. The summed E-state index contributed by atoms with van der Waals surface area (Å²) in [6.45, 7) is 3.78. The predicted octanol–water partition coefficient (Wildman–Crippen LogP) is 4.76. The molecule has 2 heterocycles. The molecule has 0 unspecified atom stereocenters. The summed E-state index contributed by atoms with van der Waals surface area (Å²) in [5.74, 6) is 1.75. The van der Waals surface area contributed by atoms with Crippen molar-refractivity contribution in [2.24, 2.45) is 5.92 Å². The Labute approximate surface area is 187 Å². The van der Waals surface area contributed by atoms with Crippen LogP contribution in [0.4, 0.5) is 5.82 Å². The Morgan fingerprint density at radius 3 is 2.77 bits per heavy atom. The van der Waals surface area contributed by atoms with Crippen LogP contribution in [-0.4, -0.2) is 29.0 Å². The minimum Gasteiger partial charge on any atom is -0.436 e. The topological polar surface area (TPSA) is 67.4 Å². The Kier molecular flexibility index (Phi) is 6.67. The highest BCUT2D eigenvalue weighted by molar-refractivity contribution is 6.31. The summed E-state index contributed by atoms with van der Waals surface area (Å²) in [5, 5.41) is 3.68. The Morgan fingerprint density at radius 1 is 1.16 bits per heavy atom. The highest BCUT2D eigenvalue weighted by atomic mass is 35.5. The summed E-state index contributed by atoms with van der Waals surface area (Å²) in [6.07, 6.45) is 5.00. The number of piperidine rings is 1. The summed E-state index contributed by atoms with van der Waals surface area (Å²) in [7, 11) is 0. The molecule has 0 spiro atoms. The second-order valence-corrected chi connectivity index (χ2v) is 8.05. The van der Waals surface area contributed by atoms with Gasteiger partial charge in [0, 0.05) is 37.1 Å². The average molecular weight is 437 g/mol. The number of halogens is 1. The lowest BCUT2D eigenvalue weighted by molar-refractivity contribution is -0.125. The number of aromatic nitrogens is 2. The Balaban J connectivity index is 1.44. The molecule has 0 aliphatic carbocycles. The molecule has 4 rings (SSSR count). The van der Waals surface area contributed by atoms with Gasteiger partial charge in [-0.2, -0.15) is 0 Å². The Hall–Kier alpha value is -3.12. The molecule has 3 aromatic rings. The van der Waals surface area contributed by atoms with Crippen molar-refractivity contribution in [3.05, 3.63) is 77.1 Å². The van der Waals surface area contributed by atoms with Gasteiger partial charge in [-0.05, 0) is 43.0 Å². The van der Waals surface area contributed by atoms with E-state index >= 15 is 0 Å². The number of anilines is 1. The number of carbonyl (C=O) groups is 1. The van der Waals surface area contributed by atoms with E-state index in [9.17, 15) is 4.79 Å². The lowest BCUT2D eigenvalue weighted by Crippen LogP contribution is -2.43. The summed E-state index contributed by atoms with van der Waals surface area (Å²) in [5.41, 5.74) is 1.93. The van der Waals surface area contributed by atoms with Crippen LogP contribution in [0.15, 0.2) is 60.9 Å². The maximum atomic E-state index is 12.8. The molecule has 1 aliphatic rings.